The molecule has 1 aliphatic carbocycles. The molecule has 54 heavy (non-hydrogen) atoms. The molecule has 0 radical (unpaired) electrons. The average molecular weight is 768 g/mol. The first-order valence-electron chi connectivity index (χ1n) is 19.5. The summed E-state index contributed by atoms with van der Waals surface area (Å²) in [6, 6.07) is 26.8. The molecule has 0 saturated carbocycles. The second kappa shape index (κ2) is 15.0. The van der Waals surface area contributed by atoms with Gasteiger partial charge in [-0.05, 0) is 96.0 Å². The fourth-order valence-electron chi connectivity index (χ4n) is 8.99. The van der Waals surface area contributed by atoms with Gasteiger partial charge in [-0.1, -0.05) is 135 Å². The minimum atomic E-state index is -0.131. The van der Waals surface area contributed by atoms with E-state index in [1.807, 2.05) is 23.5 Å². The number of fused-ring (bicyclic) bond motifs is 6. The van der Waals surface area contributed by atoms with Crippen molar-refractivity contribution in [1.82, 2.24) is 10.2 Å². The summed E-state index contributed by atoms with van der Waals surface area (Å²) in [5.74, 6) is 1.10. The third-order valence-corrected chi connectivity index (χ3v) is 15.1. The summed E-state index contributed by atoms with van der Waals surface area (Å²) in [5.41, 5.74) is 10.6. The largest absolute Gasteiger partial charge is 0.347 e. The highest BCUT2D eigenvalue weighted by molar-refractivity contribution is 8.05. The van der Waals surface area contributed by atoms with Crippen molar-refractivity contribution in [2.75, 3.05) is 24.7 Å². The first-order valence-corrected chi connectivity index (χ1v) is 22.1. The summed E-state index contributed by atoms with van der Waals surface area (Å²) in [6.45, 7) is 11.8. The number of thioether (sulfide) groups is 2. The zero-order valence-corrected chi connectivity index (χ0v) is 35.2. The van der Waals surface area contributed by atoms with Gasteiger partial charge in [-0.2, -0.15) is 4.58 Å². The standard InChI is InChI=1S/C47H51N4S3/c1-8-9-14-30-52-44-48-49-45(54-44)53-43-33(24-28-39-46(2,3)41-35-20-12-10-16-31(35)22-26-37(41)50(39)6)18-15-19-34(43)25-29-40-47(4,5)42-36-21-13-11-17-32(36)23-27-38(42)51(40)7/h10-13,16-17,20-29H,8-9,14-15,18-19,30H2,1-7H3/q+1. The summed E-state index contributed by atoms with van der Waals surface area (Å²) in [5, 5.41) is 14.6. The fraction of sp³-hybridized carbons (Fsp3) is 0.340. The molecule has 0 amide bonds. The fourth-order valence-corrected chi connectivity index (χ4v) is 12.3. The Balaban J connectivity index is 1.18. The third-order valence-electron chi connectivity index (χ3n) is 11.7. The highest BCUT2D eigenvalue weighted by Crippen LogP contribution is 2.51. The predicted octanol–water partition coefficient (Wildman–Crippen LogP) is 13.2. The van der Waals surface area contributed by atoms with Crippen LogP contribution in [-0.2, 0) is 10.8 Å². The van der Waals surface area contributed by atoms with Crippen molar-refractivity contribution in [2.45, 2.75) is 92.7 Å². The molecule has 0 unspecified atom stereocenters. The molecule has 7 heteroatoms. The van der Waals surface area contributed by atoms with Gasteiger partial charge in [-0.15, -0.1) is 10.2 Å². The van der Waals surface area contributed by atoms with E-state index in [1.54, 1.807) is 11.3 Å². The number of likely N-dealkylation sites (N-methyl/N-ethyl adjacent to an activating group) is 1. The summed E-state index contributed by atoms with van der Waals surface area (Å²) in [6.07, 6.45) is 16.6. The van der Waals surface area contributed by atoms with Crippen LogP contribution in [0, 0.1) is 0 Å². The Morgan fingerprint density at radius 2 is 1.50 bits per heavy atom. The maximum Gasteiger partial charge on any atom is 0.210 e. The minimum absolute atomic E-state index is 0.131. The van der Waals surface area contributed by atoms with Gasteiger partial charge < -0.3 is 4.90 Å². The second-order valence-electron chi connectivity index (χ2n) is 15.9. The van der Waals surface area contributed by atoms with Gasteiger partial charge in [0.05, 0.1) is 5.41 Å². The molecule has 8 rings (SSSR count). The van der Waals surface area contributed by atoms with Crippen molar-refractivity contribution < 1.29 is 4.58 Å². The number of aromatic nitrogens is 2. The maximum atomic E-state index is 4.72. The predicted molar refractivity (Wildman–Crippen MR) is 235 cm³/mol. The number of unbranched alkanes of at least 4 members (excludes halogenated alkanes) is 2. The third kappa shape index (κ3) is 6.60. The topological polar surface area (TPSA) is 32.0 Å². The van der Waals surface area contributed by atoms with Gasteiger partial charge in [0, 0.05) is 52.2 Å². The molecular weight excluding hydrogens is 717 g/mol. The van der Waals surface area contributed by atoms with Crippen molar-refractivity contribution in [3.63, 3.8) is 0 Å². The maximum absolute atomic E-state index is 4.72. The van der Waals surface area contributed by atoms with E-state index in [9.17, 15) is 0 Å². The number of benzene rings is 4. The van der Waals surface area contributed by atoms with Crippen molar-refractivity contribution >= 4 is 73.5 Å². The molecule has 1 aromatic heterocycles. The number of hydrogen-bond donors (Lipinski definition) is 0. The van der Waals surface area contributed by atoms with Crippen molar-refractivity contribution in [3.8, 4) is 0 Å². The number of hydrogen-bond acceptors (Lipinski definition) is 6. The van der Waals surface area contributed by atoms with E-state index in [0.717, 1.165) is 33.7 Å². The Morgan fingerprint density at radius 3 is 2.26 bits per heavy atom. The Morgan fingerprint density at radius 1 is 0.796 bits per heavy atom. The lowest BCUT2D eigenvalue weighted by Gasteiger charge is -2.25. The van der Waals surface area contributed by atoms with Crippen molar-refractivity contribution in [2.24, 2.45) is 0 Å². The van der Waals surface area contributed by atoms with E-state index in [-0.39, 0.29) is 10.8 Å². The van der Waals surface area contributed by atoms with E-state index < -0.39 is 0 Å². The van der Waals surface area contributed by atoms with Crippen LogP contribution in [0.2, 0.25) is 0 Å². The lowest BCUT2D eigenvalue weighted by Crippen LogP contribution is -2.27. The van der Waals surface area contributed by atoms with Crippen molar-refractivity contribution in [3.05, 3.63) is 130 Å². The molecule has 3 aliphatic rings. The SMILES string of the molecule is CCCCCSc1nnc(SC2=C(/C=C/C3=[N+](C)c4ccc5ccccc5c4C3(C)C)CCC/C2=C\C=C2\N(C)c3ccc4ccccc4c3C2(C)C)s1. The molecule has 4 nitrogen and oxygen atoms in total. The van der Waals surface area contributed by atoms with Gasteiger partial charge in [-0.25, -0.2) is 0 Å². The summed E-state index contributed by atoms with van der Waals surface area (Å²) in [4.78, 5) is 3.73. The number of nitrogens with zero attached hydrogens (tertiary/aromatic N) is 4. The molecule has 276 valence electrons. The summed E-state index contributed by atoms with van der Waals surface area (Å²) < 4.78 is 4.50. The van der Waals surface area contributed by atoms with Crippen molar-refractivity contribution in [1.29, 1.82) is 0 Å². The molecule has 4 aromatic carbocycles. The zero-order valence-electron chi connectivity index (χ0n) is 32.7. The molecule has 3 heterocycles. The molecule has 0 spiro atoms. The van der Waals surface area contributed by atoms with E-state index in [1.165, 1.54) is 90.8 Å². The van der Waals surface area contributed by atoms with Gasteiger partial charge in [0.2, 0.25) is 5.69 Å². The molecule has 5 aromatic rings. The van der Waals surface area contributed by atoms with Crippen LogP contribution in [-0.4, -0.2) is 40.3 Å². The quantitative estimate of drug-likeness (QED) is 0.0803. The molecule has 2 aliphatic heterocycles. The molecule has 0 atom stereocenters. The Kier molecular flexibility index (Phi) is 10.3. The molecule has 0 bridgehead atoms. The lowest BCUT2D eigenvalue weighted by molar-refractivity contribution is -0.401. The van der Waals surface area contributed by atoms with Crippen LogP contribution in [0.1, 0.15) is 84.3 Å². The van der Waals surface area contributed by atoms with Crippen LogP contribution in [0.15, 0.2) is 128 Å². The Bertz CT molecular complexity index is 2420. The minimum Gasteiger partial charge on any atom is -0.347 e. The highest BCUT2D eigenvalue weighted by Gasteiger charge is 2.44. The van der Waals surface area contributed by atoms with Crippen LogP contribution in [0.25, 0.3) is 21.5 Å². The molecule has 0 fully saturated rings. The van der Waals surface area contributed by atoms with Gasteiger partial charge in [0.1, 0.15) is 7.05 Å². The number of allylic oxidation sites excluding steroid dienone is 7. The van der Waals surface area contributed by atoms with Crippen LogP contribution in [0.4, 0.5) is 11.4 Å². The summed E-state index contributed by atoms with van der Waals surface area (Å²) in [7, 11) is 4.46. The van der Waals surface area contributed by atoms with Gasteiger partial charge in [0.15, 0.2) is 14.4 Å². The van der Waals surface area contributed by atoms with E-state index >= 15 is 0 Å². The molecule has 0 N–H and O–H groups in total. The normalized spacial score (nSPS) is 19.4. The number of anilines is 1. The first kappa shape index (κ1) is 37.0. The van der Waals surface area contributed by atoms with Gasteiger partial charge >= 0.3 is 0 Å². The lowest BCUT2D eigenvalue weighted by atomic mass is 9.78. The van der Waals surface area contributed by atoms with Gasteiger partial charge in [0.25, 0.3) is 0 Å². The van der Waals surface area contributed by atoms with E-state index in [0.29, 0.717) is 0 Å². The van der Waals surface area contributed by atoms with Crippen LogP contribution >= 0.6 is 34.9 Å². The van der Waals surface area contributed by atoms with Crippen LogP contribution in [0.5, 0.6) is 0 Å². The number of rotatable bonds is 10. The van der Waals surface area contributed by atoms with E-state index in [2.05, 4.69) is 160 Å². The Hall–Kier alpha value is -3.91. The monoisotopic (exact) mass is 767 g/mol. The smallest absolute Gasteiger partial charge is 0.210 e. The highest BCUT2D eigenvalue weighted by atomic mass is 32.2. The second-order valence-corrected chi connectivity index (χ2v) is 19.5. The van der Waals surface area contributed by atoms with Crippen LogP contribution in [0.3, 0.4) is 0 Å². The van der Waals surface area contributed by atoms with Gasteiger partial charge in [-0.3, -0.25) is 0 Å². The molecular formula is C47H51N4S3+. The van der Waals surface area contributed by atoms with Crippen LogP contribution < -0.4 is 4.90 Å². The van der Waals surface area contributed by atoms with E-state index in [4.69, 9.17) is 5.10 Å². The Labute approximate surface area is 333 Å². The summed E-state index contributed by atoms with van der Waals surface area (Å²) >= 11 is 5.41. The average Bonchev–Trinajstić information content (AvgIpc) is 3.76. The first-order chi connectivity index (χ1) is 26.1. The molecule has 0 saturated heterocycles. The zero-order chi connectivity index (χ0) is 37.6.